The van der Waals surface area contributed by atoms with E-state index in [9.17, 15) is 4.11 Å². The summed E-state index contributed by atoms with van der Waals surface area (Å²) >= 11 is 0. The van der Waals surface area contributed by atoms with Crippen molar-refractivity contribution in [2.24, 2.45) is 0 Å². The molecular weight excluding hydrogens is 605 g/mol. The second-order valence-electron chi connectivity index (χ2n) is 12.7. The average molecular weight is 640 g/mol. The Morgan fingerprint density at radius 2 is 0.920 bits per heavy atom. The molecule has 0 N–H and O–H groups in total. The third kappa shape index (κ3) is 4.50. The lowest BCUT2D eigenvalue weighted by molar-refractivity contribution is 1.18. The Bertz CT molecular complexity index is 3000. The summed E-state index contributed by atoms with van der Waals surface area (Å²) in [6.45, 7) is 0. The molecule has 2 aromatic heterocycles. The van der Waals surface area contributed by atoms with Crippen LogP contribution in [0.2, 0.25) is 0 Å². The number of fused-ring (bicyclic) bond motifs is 6. The van der Waals surface area contributed by atoms with Gasteiger partial charge in [0.15, 0.2) is 0 Å². The Morgan fingerprint density at radius 1 is 0.340 bits per heavy atom. The molecule has 2 heterocycles. The number of hydrogen-bond acceptors (Lipinski definition) is 0. The van der Waals surface area contributed by atoms with E-state index in [4.69, 9.17) is 0 Å². The lowest BCUT2D eigenvalue weighted by Gasteiger charge is -2.10. The van der Waals surface area contributed by atoms with Gasteiger partial charge in [-0.15, -0.1) is 0 Å². The Balaban J connectivity index is 1.25. The highest BCUT2D eigenvalue weighted by Crippen LogP contribution is 2.41. The minimum Gasteiger partial charge on any atom is -0.309 e. The maximum absolute atomic E-state index is 9.73. The van der Waals surface area contributed by atoms with Crippen LogP contribution in [0.4, 0.5) is 0 Å². The van der Waals surface area contributed by atoms with Crippen LogP contribution in [-0.4, -0.2) is 9.13 Å². The topological polar surface area (TPSA) is 9.86 Å². The van der Waals surface area contributed by atoms with E-state index in [-0.39, 0.29) is 18.1 Å². The molecule has 8 aromatic carbocycles. The van der Waals surface area contributed by atoms with E-state index in [1.54, 1.807) is 0 Å². The molecule has 2 heteroatoms. The molecule has 0 aliphatic carbocycles. The number of benzene rings is 8. The smallest absolute Gasteiger partial charge is 0.0645 e. The van der Waals surface area contributed by atoms with Gasteiger partial charge < -0.3 is 9.13 Å². The van der Waals surface area contributed by atoms with Crippen molar-refractivity contribution in [1.82, 2.24) is 9.13 Å². The van der Waals surface area contributed by atoms with E-state index in [2.05, 4.69) is 108 Å². The fraction of sp³-hybridized carbons (Fsp3) is 0. The van der Waals surface area contributed by atoms with Crippen molar-refractivity contribution in [1.29, 1.82) is 0 Å². The van der Waals surface area contributed by atoms with Crippen LogP contribution in [0.25, 0.3) is 88.4 Å². The number of rotatable bonds is 5. The first-order chi connectivity index (χ1) is 26.1. The summed E-state index contributed by atoms with van der Waals surface area (Å²) in [7, 11) is 0. The highest BCUT2D eigenvalue weighted by molar-refractivity contribution is 6.17. The quantitative estimate of drug-likeness (QED) is 0.177. The van der Waals surface area contributed by atoms with Gasteiger partial charge in [0.05, 0.1) is 26.2 Å². The number of aromatic nitrogens is 2. The van der Waals surface area contributed by atoms with Crippen molar-refractivity contribution >= 4 is 43.6 Å². The van der Waals surface area contributed by atoms with Gasteiger partial charge in [-0.05, 0) is 94.0 Å². The van der Waals surface area contributed by atoms with E-state index < -0.39 is 0 Å². The number of para-hydroxylation sites is 2. The van der Waals surface area contributed by atoms with E-state index in [0.717, 1.165) is 66.3 Å². The minimum atomic E-state index is 0.0466. The summed E-state index contributed by atoms with van der Waals surface area (Å²) in [5, 5.41) is 3.72. The molecule has 2 nitrogen and oxygen atoms in total. The van der Waals surface area contributed by atoms with Gasteiger partial charge in [-0.25, -0.2) is 0 Å². The van der Waals surface area contributed by atoms with Crippen LogP contribution >= 0.6 is 0 Å². The van der Waals surface area contributed by atoms with Gasteiger partial charge in [-0.2, -0.15) is 0 Å². The second-order valence-corrected chi connectivity index (χ2v) is 12.7. The first-order valence-corrected chi connectivity index (χ1v) is 17.0. The van der Waals surface area contributed by atoms with Crippen LogP contribution in [-0.2, 0) is 0 Å². The van der Waals surface area contributed by atoms with E-state index in [1.165, 1.54) is 5.56 Å². The molecule has 0 aliphatic rings. The first kappa shape index (κ1) is 25.4. The molecule has 50 heavy (non-hydrogen) atoms. The van der Waals surface area contributed by atoms with Crippen molar-refractivity contribution < 1.29 is 4.11 Å². The van der Waals surface area contributed by atoms with Crippen LogP contribution in [0.3, 0.4) is 0 Å². The third-order valence-electron chi connectivity index (χ3n) is 9.84. The molecule has 0 amide bonds. The summed E-state index contributed by atoms with van der Waals surface area (Å²) in [4.78, 5) is 0. The normalized spacial score (nSPS) is 12.4. The Kier molecular flexibility index (Phi) is 5.84. The minimum absolute atomic E-state index is 0.0466. The molecule has 234 valence electrons. The van der Waals surface area contributed by atoms with Gasteiger partial charge in [-0.3, -0.25) is 0 Å². The van der Waals surface area contributed by atoms with Gasteiger partial charge in [0.25, 0.3) is 0 Å². The van der Waals surface area contributed by atoms with E-state index in [0.29, 0.717) is 16.5 Å². The highest BCUT2D eigenvalue weighted by Gasteiger charge is 2.18. The molecule has 0 spiro atoms. The van der Waals surface area contributed by atoms with Gasteiger partial charge in [0.1, 0.15) is 0 Å². The van der Waals surface area contributed by atoms with Crippen LogP contribution in [0.5, 0.6) is 0 Å². The molecular formula is C48H32N2. The summed E-state index contributed by atoms with van der Waals surface area (Å²) in [5.41, 5.74) is 11.3. The fourth-order valence-corrected chi connectivity index (χ4v) is 7.55. The van der Waals surface area contributed by atoms with Gasteiger partial charge in [0, 0.05) is 32.9 Å². The summed E-state index contributed by atoms with van der Waals surface area (Å²) in [5.74, 6) is 0. The first-order valence-electron chi connectivity index (χ1n) is 18.5. The maximum atomic E-state index is 9.73. The summed E-state index contributed by atoms with van der Waals surface area (Å²) in [6.07, 6.45) is 0. The Labute approximate surface area is 294 Å². The lowest BCUT2D eigenvalue weighted by atomic mass is 9.97. The molecule has 0 saturated heterocycles. The highest BCUT2D eigenvalue weighted by atomic mass is 15.0. The zero-order valence-corrected chi connectivity index (χ0v) is 27.1. The Hall–Kier alpha value is -6.64. The molecule has 0 radical (unpaired) electrons. The van der Waals surface area contributed by atoms with Crippen molar-refractivity contribution in [3.05, 3.63) is 194 Å². The molecule has 10 aromatic rings. The van der Waals surface area contributed by atoms with E-state index in [1.807, 2.05) is 77.4 Å². The molecule has 0 fully saturated rings. The molecule has 0 atom stereocenters. The standard InChI is InChI=1S/C48H32N2/c1-4-13-33(14-5-1)34-23-27-39(28-24-34)50-46-30-26-37(32-43(46)48-40(20-12-22-47(48)50)35-15-6-2-7-16-35)36-25-29-45-42(31-36)41-19-10-11-21-44(41)49(45)38-17-8-3-9-18-38/h1-32H/i25D,29D,31D. The van der Waals surface area contributed by atoms with Crippen LogP contribution in [0.15, 0.2) is 194 Å². The number of nitrogens with zero attached hydrogens (tertiary/aromatic N) is 2. The number of hydrogen-bond donors (Lipinski definition) is 0. The SMILES string of the molecule is [2H]c1c(-c2ccc3c(c2)c2c(-c4ccccc4)cccc2n3-c2ccc(-c3ccccc3)cc2)c([2H])c2c3ccccc3n(-c3ccccc3)c2c1[2H]. The molecule has 0 bridgehead atoms. The van der Waals surface area contributed by atoms with Crippen molar-refractivity contribution in [2.45, 2.75) is 0 Å². The largest absolute Gasteiger partial charge is 0.309 e. The second kappa shape index (κ2) is 11.5. The third-order valence-corrected chi connectivity index (χ3v) is 9.84. The van der Waals surface area contributed by atoms with Crippen LogP contribution in [0, 0.1) is 0 Å². The van der Waals surface area contributed by atoms with Crippen molar-refractivity contribution in [3.63, 3.8) is 0 Å². The molecule has 10 rings (SSSR count). The molecule has 0 saturated carbocycles. The van der Waals surface area contributed by atoms with E-state index >= 15 is 0 Å². The van der Waals surface area contributed by atoms with Crippen molar-refractivity contribution in [2.75, 3.05) is 0 Å². The Morgan fingerprint density at radius 3 is 1.70 bits per heavy atom. The summed E-state index contributed by atoms with van der Waals surface area (Å²) in [6, 6.07) is 60.7. The lowest BCUT2D eigenvalue weighted by Crippen LogP contribution is -1.94. The predicted molar refractivity (Wildman–Crippen MR) is 211 cm³/mol. The van der Waals surface area contributed by atoms with Crippen LogP contribution in [0.1, 0.15) is 4.11 Å². The maximum Gasteiger partial charge on any atom is 0.0645 e. The molecule has 0 aliphatic heterocycles. The monoisotopic (exact) mass is 639 g/mol. The van der Waals surface area contributed by atoms with Crippen molar-refractivity contribution in [3.8, 4) is 44.8 Å². The van der Waals surface area contributed by atoms with Gasteiger partial charge in [0.2, 0.25) is 0 Å². The zero-order chi connectivity index (χ0) is 35.6. The zero-order valence-electron chi connectivity index (χ0n) is 30.1. The van der Waals surface area contributed by atoms with Gasteiger partial charge in [-0.1, -0.05) is 133 Å². The predicted octanol–water partition coefficient (Wildman–Crippen LogP) is 12.9. The fourth-order valence-electron chi connectivity index (χ4n) is 7.55. The summed E-state index contributed by atoms with van der Waals surface area (Å²) < 4.78 is 32.9. The average Bonchev–Trinajstić information content (AvgIpc) is 3.75. The molecule has 0 unspecified atom stereocenters. The van der Waals surface area contributed by atoms with Gasteiger partial charge >= 0.3 is 0 Å². The van der Waals surface area contributed by atoms with Crippen LogP contribution < -0.4 is 0 Å².